The minimum Gasteiger partial charge on any atom is -0.444 e. The number of amides is 1. The molecule has 0 N–H and O–H groups in total. The number of carbonyl (C=O) groups excluding carboxylic acids is 1. The Morgan fingerprint density at radius 1 is 1.24 bits per heavy atom. The molecule has 0 aliphatic carbocycles. The van der Waals surface area contributed by atoms with Crippen molar-refractivity contribution in [3.8, 4) is 0 Å². The lowest BCUT2D eigenvalue weighted by Gasteiger charge is -2.36. The van der Waals surface area contributed by atoms with Crippen molar-refractivity contribution < 1.29 is 13.9 Å². The van der Waals surface area contributed by atoms with E-state index < -0.39 is 11.4 Å². The van der Waals surface area contributed by atoms with Crippen LogP contribution in [0.4, 0.5) is 14.9 Å². The van der Waals surface area contributed by atoms with Gasteiger partial charge in [0.2, 0.25) is 0 Å². The molecule has 2 rings (SSSR count). The van der Waals surface area contributed by atoms with Crippen LogP contribution in [-0.4, -0.2) is 42.8 Å². The summed E-state index contributed by atoms with van der Waals surface area (Å²) in [5, 5.41) is 0.117. The number of hydrogen-bond acceptors (Lipinski definition) is 3. The SMILES string of the molecule is CC(C)(C)OC(=O)N1CCN(c2ccc(Cl)c(F)c2)CC1. The molecule has 21 heavy (non-hydrogen) atoms. The van der Waals surface area contributed by atoms with Crippen LogP contribution in [0.3, 0.4) is 0 Å². The first kappa shape index (κ1) is 15.9. The average Bonchev–Trinajstić information content (AvgIpc) is 2.40. The Morgan fingerprint density at radius 3 is 2.38 bits per heavy atom. The Labute approximate surface area is 129 Å². The van der Waals surface area contributed by atoms with Gasteiger partial charge in [-0.05, 0) is 39.0 Å². The topological polar surface area (TPSA) is 32.8 Å². The van der Waals surface area contributed by atoms with Crippen LogP contribution in [0, 0.1) is 5.82 Å². The quantitative estimate of drug-likeness (QED) is 0.795. The first-order chi connectivity index (χ1) is 9.76. The molecule has 1 aliphatic rings. The highest BCUT2D eigenvalue weighted by Crippen LogP contribution is 2.23. The van der Waals surface area contributed by atoms with Gasteiger partial charge in [0.1, 0.15) is 11.4 Å². The summed E-state index contributed by atoms with van der Waals surface area (Å²) in [6.07, 6.45) is -0.301. The minimum absolute atomic E-state index is 0.117. The second-order valence-electron chi connectivity index (χ2n) is 6.05. The van der Waals surface area contributed by atoms with Gasteiger partial charge in [0.15, 0.2) is 0 Å². The van der Waals surface area contributed by atoms with E-state index in [4.69, 9.17) is 16.3 Å². The van der Waals surface area contributed by atoms with Gasteiger partial charge in [-0.15, -0.1) is 0 Å². The Balaban J connectivity index is 1.94. The molecule has 0 bridgehead atoms. The summed E-state index contributed by atoms with van der Waals surface area (Å²) in [4.78, 5) is 15.7. The fourth-order valence-electron chi connectivity index (χ4n) is 2.16. The summed E-state index contributed by atoms with van der Waals surface area (Å²) >= 11 is 5.68. The van der Waals surface area contributed by atoms with Crippen molar-refractivity contribution in [1.29, 1.82) is 0 Å². The number of rotatable bonds is 1. The summed E-state index contributed by atoms with van der Waals surface area (Å²) in [6, 6.07) is 4.76. The van der Waals surface area contributed by atoms with Crippen LogP contribution in [-0.2, 0) is 4.74 Å². The number of ether oxygens (including phenoxy) is 1. The number of halogens is 2. The molecule has 1 amide bonds. The molecule has 0 aromatic heterocycles. The molecule has 1 heterocycles. The van der Waals surface area contributed by atoms with Gasteiger partial charge in [0.25, 0.3) is 0 Å². The average molecular weight is 315 g/mol. The molecule has 0 unspecified atom stereocenters. The van der Waals surface area contributed by atoms with E-state index in [1.165, 1.54) is 6.07 Å². The third-order valence-corrected chi connectivity index (χ3v) is 3.51. The van der Waals surface area contributed by atoms with Gasteiger partial charge in [-0.25, -0.2) is 9.18 Å². The van der Waals surface area contributed by atoms with E-state index in [1.54, 1.807) is 17.0 Å². The molecule has 1 fully saturated rings. The van der Waals surface area contributed by atoms with Crippen LogP contribution < -0.4 is 4.90 Å². The lowest BCUT2D eigenvalue weighted by molar-refractivity contribution is 0.0240. The zero-order valence-electron chi connectivity index (χ0n) is 12.5. The van der Waals surface area contributed by atoms with Gasteiger partial charge >= 0.3 is 6.09 Å². The predicted octanol–water partition coefficient (Wildman–Crippen LogP) is 3.54. The first-order valence-corrected chi connectivity index (χ1v) is 7.32. The summed E-state index contributed by atoms with van der Waals surface area (Å²) in [6.45, 7) is 7.92. The Kier molecular flexibility index (Phi) is 4.61. The van der Waals surface area contributed by atoms with Crippen molar-refractivity contribution in [1.82, 2.24) is 4.90 Å². The van der Waals surface area contributed by atoms with Gasteiger partial charge in [0, 0.05) is 31.9 Å². The Bertz CT molecular complexity index is 523. The molecule has 0 atom stereocenters. The second kappa shape index (κ2) is 6.10. The van der Waals surface area contributed by atoms with Crippen LogP contribution in [0.15, 0.2) is 18.2 Å². The summed E-state index contributed by atoms with van der Waals surface area (Å²) < 4.78 is 18.8. The zero-order valence-corrected chi connectivity index (χ0v) is 13.3. The maximum Gasteiger partial charge on any atom is 0.410 e. The van der Waals surface area contributed by atoms with Crippen LogP contribution in [0.5, 0.6) is 0 Å². The highest BCUT2D eigenvalue weighted by Gasteiger charge is 2.26. The lowest BCUT2D eigenvalue weighted by atomic mass is 10.2. The third-order valence-electron chi connectivity index (χ3n) is 3.20. The van der Waals surface area contributed by atoms with E-state index in [0.717, 1.165) is 5.69 Å². The van der Waals surface area contributed by atoms with Crippen molar-refractivity contribution in [2.24, 2.45) is 0 Å². The molecule has 1 aromatic carbocycles. The molecule has 1 saturated heterocycles. The van der Waals surface area contributed by atoms with Crippen molar-refractivity contribution in [3.05, 3.63) is 29.0 Å². The first-order valence-electron chi connectivity index (χ1n) is 6.94. The maximum absolute atomic E-state index is 13.5. The van der Waals surface area contributed by atoms with E-state index in [9.17, 15) is 9.18 Å². The molecular weight excluding hydrogens is 295 g/mol. The van der Waals surface area contributed by atoms with Crippen LogP contribution in [0.25, 0.3) is 0 Å². The van der Waals surface area contributed by atoms with Crippen molar-refractivity contribution in [3.63, 3.8) is 0 Å². The monoisotopic (exact) mass is 314 g/mol. The molecule has 0 radical (unpaired) electrons. The minimum atomic E-state index is -0.493. The lowest BCUT2D eigenvalue weighted by Crippen LogP contribution is -2.50. The smallest absolute Gasteiger partial charge is 0.410 e. The standard InChI is InChI=1S/C15H20ClFN2O2/c1-15(2,3)21-14(20)19-8-6-18(7-9-19)11-4-5-12(16)13(17)10-11/h4-5,10H,6-9H2,1-3H3. The largest absolute Gasteiger partial charge is 0.444 e. The fraction of sp³-hybridized carbons (Fsp3) is 0.533. The molecule has 4 nitrogen and oxygen atoms in total. The van der Waals surface area contributed by atoms with Crippen molar-refractivity contribution >= 4 is 23.4 Å². The van der Waals surface area contributed by atoms with Crippen LogP contribution in [0.1, 0.15) is 20.8 Å². The van der Waals surface area contributed by atoms with Crippen LogP contribution >= 0.6 is 11.6 Å². The number of anilines is 1. The molecule has 1 aromatic rings. The number of nitrogens with zero attached hydrogens (tertiary/aromatic N) is 2. The second-order valence-corrected chi connectivity index (χ2v) is 6.46. The van der Waals surface area contributed by atoms with Gasteiger partial charge in [0.05, 0.1) is 5.02 Å². The summed E-state index contributed by atoms with van der Waals surface area (Å²) in [5.74, 6) is -0.427. The van der Waals surface area contributed by atoms with Gasteiger partial charge in [-0.3, -0.25) is 0 Å². The Morgan fingerprint density at radius 2 is 1.86 bits per heavy atom. The van der Waals surface area contributed by atoms with Gasteiger partial charge < -0.3 is 14.5 Å². The molecule has 1 aliphatic heterocycles. The number of hydrogen-bond donors (Lipinski definition) is 0. The third kappa shape index (κ3) is 4.24. The number of piperazine rings is 1. The molecule has 0 spiro atoms. The molecule has 0 saturated carbocycles. The van der Waals surface area contributed by atoms with E-state index in [2.05, 4.69) is 0 Å². The van der Waals surface area contributed by atoms with Crippen molar-refractivity contribution in [2.75, 3.05) is 31.1 Å². The molecule has 116 valence electrons. The highest BCUT2D eigenvalue weighted by molar-refractivity contribution is 6.30. The van der Waals surface area contributed by atoms with E-state index >= 15 is 0 Å². The van der Waals surface area contributed by atoms with E-state index in [-0.39, 0.29) is 11.1 Å². The normalized spacial score (nSPS) is 16.0. The summed E-state index contributed by atoms with van der Waals surface area (Å²) in [7, 11) is 0. The predicted molar refractivity (Wildman–Crippen MR) is 81.4 cm³/mol. The van der Waals surface area contributed by atoms with E-state index in [1.807, 2.05) is 25.7 Å². The van der Waals surface area contributed by atoms with Gasteiger partial charge in [-0.1, -0.05) is 11.6 Å². The Hall–Kier alpha value is -1.49. The summed E-state index contributed by atoms with van der Waals surface area (Å²) in [5.41, 5.74) is 0.286. The van der Waals surface area contributed by atoms with Crippen molar-refractivity contribution in [2.45, 2.75) is 26.4 Å². The van der Waals surface area contributed by atoms with Gasteiger partial charge in [-0.2, -0.15) is 0 Å². The highest BCUT2D eigenvalue weighted by atomic mass is 35.5. The number of benzene rings is 1. The molecule has 6 heteroatoms. The maximum atomic E-state index is 13.5. The van der Waals surface area contributed by atoms with Crippen LogP contribution in [0.2, 0.25) is 5.02 Å². The number of carbonyl (C=O) groups is 1. The molecular formula is C15H20ClFN2O2. The fourth-order valence-corrected chi connectivity index (χ4v) is 2.27. The zero-order chi connectivity index (χ0) is 15.6. The van der Waals surface area contributed by atoms with E-state index in [0.29, 0.717) is 26.2 Å².